The molecule has 0 aromatic carbocycles. The van der Waals surface area contributed by atoms with Crippen molar-refractivity contribution in [1.82, 2.24) is 29.3 Å². The Labute approximate surface area is 165 Å². The Morgan fingerprint density at radius 3 is 2.69 bits per heavy atom. The van der Waals surface area contributed by atoms with E-state index < -0.39 is 11.9 Å². The van der Waals surface area contributed by atoms with Gasteiger partial charge in [0.15, 0.2) is 5.65 Å². The minimum atomic E-state index is -4.52. The van der Waals surface area contributed by atoms with Crippen LogP contribution in [0.3, 0.4) is 0 Å². The predicted molar refractivity (Wildman–Crippen MR) is 98.2 cm³/mol. The van der Waals surface area contributed by atoms with Crippen LogP contribution in [-0.4, -0.2) is 48.3 Å². The van der Waals surface area contributed by atoms with Crippen molar-refractivity contribution < 1.29 is 18.0 Å². The summed E-state index contributed by atoms with van der Waals surface area (Å²) in [6.07, 6.45) is -1.69. The number of aromatic nitrogens is 5. The van der Waals surface area contributed by atoms with Crippen LogP contribution in [-0.2, 0) is 17.5 Å². The SMILES string of the molecule is Cc1cc(C(F)(F)F)n2nc(C3CCN(C(=O)CCn4ccc(C)n4)C3)cc2n1. The molecule has 4 rings (SSSR count). The number of halogens is 3. The number of nitrogens with zero attached hydrogens (tertiary/aromatic N) is 6. The Morgan fingerprint density at radius 1 is 1.21 bits per heavy atom. The zero-order chi connectivity index (χ0) is 20.8. The van der Waals surface area contributed by atoms with Crippen molar-refractivity contribution in [2.45, 2.75) is 45.3 Å². The zero-order valence-electron chi connectivity index (χ0n) is 16.1. The predicted octanol–water partition coefficient (Wildman–Crippen LogP) is 2.97. The molecule has 3 aromatic heterocycles. The van der Waals surface area contributed by atoms with E-state index in [1.165, 1.54) is 6.92 Å². The number of rotatable bonds is 4. The standard InChI is InChI=1S/C19H21F3N6O/c1-12-3-7-27(24-12)8-5-18(29)26-6-4-14(11-26)15-10-17-23-13(2)9-16(19(20,21)22)28(17)25-15/h3,7,9-10,14H,4-6,8,11H2,1-2H3. The van der Waals surface area contributed by atoms with Gasteiger partial charge in [-0.25, -0.2) is 9.50 Å². The Morgan fingerprint density at radius 2 is 2.00 bits per heavy atom. The molecule has 0 N–H and O–H groups in total. The quantitative estimate of drug-likeness (QED) is 0.668. The molecule has 0 aliphatic carbocycles. The van der Waals surface area contributed by atoms with Gasteiger partial charge in [0.2, 0.25) is 5.91 Å². The molecule has 4 heterocycles. The van der Waals surface area contributed by atoms with Gasteiger partial charge in [0.1, 0.15) is 5.69 Å². The van der Waals surface area contributed by atoms with Gasteiger partial charge in [-0.15, -0.1) is 0 Å². The molecular formula is C19H21F3N6O. The molecule has 1 amide bonds. The Kier molecular flexibility index (Phi) is 4.79. The number of amides is 1. The Hall–Kier alpha value is -2.91. The fraction of sp³-hybridized carbons (Fsp3) is 0.474. The highest BCUT2D eigenvalue weighted by molar-refractivity contribution is 5.76. The average Bonchev–Trinajstić information content (AvgIpc) is 3.36. The molecule has 154 valence electrons. The van der Waals surface area contributed by atoms with E-state index >= 15 is 0 Å². The highest BCUT2D eigenvalue weighted by Crippen LogP contribution is 2.32. The van der Waals surface area contributed by atoms with Crippen LogP contribution >= 0.6 is 0 Å². The lowest BCUT2D eigenvalue weighted by molar-refractivity contribution is -0.142. The van der Waals surface area contributed by atoms with Crippen molar-refractivity contribution in [3.8, 4) is 0 Å². The van der Waals surface area contributed by atoms with Gasteiger partial charge in [-0.05, 0) is 32.4 Å². The van der Waals surface area contributed by atoms with Gasteiger partial charge < -0.3 is 4.90 Å². The molecule has 0 radical (unpaired) electrons. The van der Waals surface area contributed by atoms with Crippen LogP contribution in [0.15, 0.2) is 24.4 Å². The third-order valence-electron chi connectivity index (χ3n) is 5.15. The van der Waals surface area contributed by atoms with Crippen LogP contribution in [0.1, 0.15) is 41.5 Å². The Balaban J connectivity index is 1.47. The number of likely N-dealkylation sites (tertiary alicyclic amines) is 1. The zero-order valence-corrected chi connectivity index (χ0v) is 16.1. The largest absolute Gasteiger partial charge is 0.433 e. The number of fused-ring (bicyclic) bond motifs is 1. The molecule has 1 unspecified atom stereocenters. The minimum absolute atomic E-state index is 0.00867. The van der Waals surface area contributed by atoms with Crippen LogP contribution < -0.4 is 0 Å². The van der Waals surface area contributed by atoms with Gasteiger partial charge in [0.25, 0.3) is 0 Å². The monoisotopic (exact) mass is 406 g/mol. The lowest BCUT2D eigenvalue weighted by Crippen LogP contribution is -2.29. The Bertz CT molecular complexity index is 1050. The molecule has 1 aliphatic heterocycles. The maximum Gasteiger partial charge on any atom is 0.433 e. The van der Waals surface area contributed by atoms with E-state index in [2.05, 4.69) is 15.2 Å². The summed E-state index contributed by atoms with van der Waals surface area (Å²) in [5.74, 6) is -0.0941. The fourth-order valence-corrected chi connectivity index (χ4v) is 3.70. The van der Waals surface area contributed by atoms with Crippen LogP contribution in [0, 0.1) is 13.8 Å². The van der Waals surface area contributed by atoms with Gasteiger partial charge in [0, 0.05) is 49.9 Å². The summed E-state index contributed by atoms with van der Waals surface area (Å²) in [6, 6.07) is 4.46. The summed E-state index contributed by atoms with van der Waals surface area (Å²) < 4.78 is 42.6. The molecule has 29 heavy (non-hydrogen) atoms. The molecule has 10 heteroatoms. The van der Waals surface area contributed by atoms with E-state index in [9.17, 15) is 18.0 Å². The first-order chi connectivity index (χ1) is 13.7. The van der Waals surface area contributed by atoms with Crippen molar-refractivity contribution in [3.05, 3.63) is 47.2 Å². The lowest BCUT2D eigenvalue weighted by atomic mass is 10.1. The van der Waals surface area contributed by atoms with E-state index in [-0.39, 0.29) is 23.2 Å². The maximum atomic E-state index is 13.3. The normalized spacial score (nSPS) is 17.4. The van der Waals surface area contributed by atoms with Gasteiger partial charge in [0.05, 0.1) is 11.4 Å². The third kappa shape index (κ3) is 3.96. The molecule has 1 aliphatic rings. The van der Waals surface area contributed by atoms with Crippen LogP contribution in [0.4, 0.5) is 13.2 Å². The second-order valence-electron chi connectivity index (χ2n) is 7.42. The molecule has 1 fully saturated rings. The van der Waals surface area contributed by atoms with Crippen LogP contribution in [0.5, 0.6) is 0 Å². The van der Waals surface area contributed by atoms with E-state index in [4.69, 9.17) is 0 Å². The molecule has 0 spiro atoms. The van der Waals surface area contributed by atoms with E-state index in [1.54, 1.807) is 15.6 Å². The number of aryl methyl sites for hydroxylation is 3. The number of carbonyl (C=O) groups is 1. The first kappa shape index (κ1) is 19.4. The summed E-state index contributed by atoms with van der Waals surface area (Å²) >= 11 is 0. The first-order valence-corrected chi connectivity index (χ1v) is 9.43. The highest BCUT2D eigenvalue weighted by Gasteiger charge is 2.36. The molecule has 3 aromatic rings. The number of hydrogen-bond acceptors (Lipinski definition) is 4. The smallest absolute Gasteiger partial charge is 0.342 e. The number of hydrogen-bond donors (Lipinski definition) is 0. The van der Waals surface area contributed by atoms with E-state index in [1.807, 2.05) is 19.2 Å². The van der Waals surface area contributed by atoms with Crippen molar-refractivity contribution in [1.29, 1.82) is 0 Å². The minimum Gasteiger partial charge on any atom is -0.342 e. The number of alkyl halides is 3. The van der Waals surface area contributed by atoms with Crippen molar-refractivity contribution in [2.24, 2.45) is 0 Å². The highest BCUT2D eigenvalue weighted by atomic mass is 19.4. The van der Waals surface area contributed by atoms with E-state index in [0.717, 1.165) is 16.3 Å². The first-order valence-electron chi connectivity index (χ1n) is 9.43. The van der Waals surface area contributed by atoms with Crippen molar-refractivity contribution in [2.75, 3.05) is 13.1 Å². The van der Waals surface area contributed by atoms with Gasteiger partial charge >= 0.3 is 6.18 Å². The van der Waals surface area contributed by atoms with Crippen LogP contribution in [0.2, 0.25) is 0 Å². The van der Waals surface area contributed by atoms with E-state index in [0.29, 0.717) is 38.2 Å². The summed E-state index contributed by atoms with van der Waals surface area (Å²) in [7, 11) is 0. The summed E-state index contributed by atoms with van der Waals surface area (Å²) in [6.45, 7) is 4.92. The second kappa shape index (κ2) is 7.16. The summed E-state index contributed by atoms with van der Waals surface area (Å²) in [5, 5.41) is 8.44. The molecule has 7 nitrogen and oxygen atoms in total. The van der Waals surface area contributed by atoms with Gasteiger partial charge in [-0.2, -0.15) is 23.4 Å². The van der Waals surface area contributed by atoms with Crippen molar-refractivity contribution in [3.63, 3.8) is 0 Å². The molecule has 1 atom stereocenters. The maximum absolute atomic E-state index is 13.3. The summed E-state index contributed by atoms with van der Waals surface area (Å²) in [5.41, 5.74) is 1.05. The second-order valence-corrected chi connectivity index (χ2v) is 7.42. The van der Waals surface area contributed by atoms with Gasteiger partial charge in [-0.3, -0.25) is 9.48 Å². The third-order valence-corrected chi connectivity index (χ3v) is 5.15. The molecule has 0 saturated carbocycles. The van der Waals surface area contributed by atoms with Crippen LogP contribution in [0.25, 0.3) is 5.65 Å². The van der Waals surface area contributed by atoms with Crippen molar-refractivity contribution >= 4 is 11.6 Å². The molecule has 1 saturated heterocycles. The average molecular weight is 406 g/mol. The topological polar surface area (TPSA) is 68.3 Å². The molecular weight excluding hydrogens is 385 g/mol. The lowest BCUT2D eigenvalue weighted by Gasteiger charge is -2.16. The molecule has 0 bridgehead atoms. The summed E-state index contributed by atoms with van der Waals surface area (Å²) in [4.78, 5) is 18.4. The fourth-order valence-electron chi connectivity index (χ4n) is 3.70. The van der Waals surface area contributed by atoms with Gasteiger partial charge in [-0.1, -0.05) is 0 Å². The number of carbonyl (C=O) groups excluding carboxylic acids is 1.